The van der Waals surface area contributed by atoms with Gasteiger partial charge in [-0.1, -0.05) is 24.3 Å². The van der Waals surface area contributed by atoms with Gasteiger partial charge in [-0.15, -0.1) is 11.3 Å². The number of benzene rings is 1. The Labute approximate surface area is 131 Å². The molecule has 0 aliphatic carbocycles. The van der Waals surface area contributed by atoms with E-state index in [4.69, 9.17) is 5.26 Å². The van der Waals surface area contributed by atoms with E-state index in [2.05, 4.69) is 32.6 Å². The zero-order valence-electron chi connectivity index (χ0n) is 11.9. The SMILES string of the molecule is Cc1nc2cnc3ccsc3n2c1-c1ccc(CC#N)cc1. The third-order valence-electron chi connectivity index (χ3n) is 3.74. The molecule has 3 heterocycles. The van der Waals surface area contributed by atoms with Crippen molar-refractivity contribution in [2.24, 2.45) is 0 Å². The monoisotopic (exact) mass is 304 g/mol. The number of aryl methyl sites for hydroxylation is 1. The van der Waals surface area contributed by atoms with Crippen molar-refractivity contribution >= 4 is 27.3 Å². The Morgan fingerprint density at radius 1 is 1.23 bits per heavy atom. The van der Waals surface area contributed by atoms with E-state index in [-0.39, 0.29) is 0 Å². The number of thiophene rings is 1. The molecule has 4 rings (SSSR count). The Bertz CT molecular complexity index is 1020. The molecule has 4 nitrogen and oxygen atoms in total. The summed E-state index contributed by atoms with van der Waals surface area (Å²) >= 11 is 1.67. The molecule has 1 aromatic carbocycles. The quantitative estimate of drug-likeness (QED) is 0.563. The summed E-state index contributed by atoms with van der Waals surface area (Å²) in [6.07, 6.45) is 2.25. The van der Waals surface area contributed by atoms with Crippen LogP contribution in [0.5, 0.6) is 0 Å². The highest BCUT2D eigenvalue weighted by Gasteiger charge is 2.14. The summed E-state index contributed by atoms with van der Waals surface area (Å²) in [5, 5.41) is 10.8. The van der Waals surface area contributed by atoms with Crippen LogP contribution in [-0.4, -0.2) is 14.4 Å². The molecule has 3 aromatic heterocycles. The van der Waals surface area contributed by atoms with Crippen LogP contribution in [0.2, 0.25) is 0 Å². The standard InChI is InChI=1S/C17H12N4S/c1-11-16(13-4-2-12(3-5-13)6-8-18)21-15(20-11)10-19-14-7-9-22-17(14)21/h2-5,7,9-10H,6H2,1H3. The minimum Gasteiger partial charge on any atom is -0.280 e. The van der Waals surface area contributed by atoms with Gasteiger partial charge in [0.15, 0.2) is 5.65 Å². The Kier molecular flexibility index (Phi) is 2.91. The lowest BCUT2D eigenvalue weighted by molar-refractivity contribution is 1.22. The zero-order valence-corrected chi connectivity index (χ0v) is 12.8. The van der Waals surface area contributed by atoms with Gasteiger partial charge in [0.25, 0.3) is 0 Å². The normalized spacial score (nSPS) is 11.1. The van der Waals surface area contributed by atoms with Crippen LogP contribution in [0.3, 0.4) is 0 Å². The summed E-state index contributed by atoms with van der Waals surface area (Å²) in [5.74, 6) is 0. The Balaban J connectivity index is 1.99. The third-order valence-corrected chi connectivity index (χ3v) is 4.62. The van der Waals surface area contributed by atoms with Gasteiger partial charge in [0.2, 0.25) is 0 Å². The van der Waals surface area contributed by atoms with E-state index in [1.54, 1.807) is 11.3 Å². The molecule has 0 aliphatic heterocycles. The summed E-state index contributed by atoms with van der Waals surface area (Å²) in [4.78, 5) is 10.2. The van der Waals surface area contributed by atoms with Crippen molar-refractivity contribution in [2.45, 2.75) is 13.3 Å². The molecule has 4 aromatic rings. The van der Waals surface area contributed by atoms with Crippen molar-refractivity contribution < 1.29 is 0 Å². The zero-order chi connectivity index (χ0) is 15.1. The van der Waals surface area contributed by atoms with E-state index in [1.807, 2.05) is 36.7 Å². The van der Waals surface area contributed by atoms with Gasteiger partial charge in [-0.3, -0.25) is 4.40 Å². The molecule has 0 fully saturated rings. The summed E-state index contributed by atoms with van der Waals surface area (Å²) in [7, 11) is 0. The fraction of sp³-hybridized carbons (Fsp3) is 0.118. The van der Waals surface area contributed by atoms with Crippen LogP contribution < -0.4 is 0 Å². The number of nitrogens with zero attached hydrogens (tertiary/aromatic N) is 4. The summed E-state index contributed by atoms with van der Waals surface area (Å²) in [5.41, 5.74) is 6.05. The number of fused-ring (bicyclic) bond motifs is 3. The molecule has 0 saturated carbocycles. The fourth-order valence-corrected chi connectivity index (χ4v) is 3.60. The smallest absolute Gasteiger partial charge is 0.157 e. The van der Waals surface area contributed by atoms with E-state index in [1.165, 1.54) is 0 Å². The van der Waals surface area contributed by atoms with Gasteiger partial charge in [0.1, 0.15) is 4.83 Å². The average Bonchev–Trinajstić information content (AvgIpc) is 3.11. The molecule has 0 aliphatic rings. The van der Waals surface area contributed by atoms with E-state index >= 15 is 0 Å². The summed E-state index contributed by atoms with van der Waals surface area (Å²) in [6.45, 7) is 2.02. The van der Waals surface area contributed by atoms with Gasteiger partial charge in [0.05, 0.1) is 35.6 Å². The molecule has 0 saturated heterocycles. The second-order valence-electron chi connectivity index (χ2n) is 5.14. The Morgan fingerprint density at radius 2 is 2.05 bits per heavy atom. The topological polar surface area (TPSA) is 54.0 Å². The first-order chi connectivity index (χ1) is 10.8. The first-order valence-corrected chi connectivity index (χ1v) is 7.83. The van der Waals surface area contributed by atoms with Crippen LogP contribution in [0.1, 0.15) is 11.3 Å². The highest BCUT2D eigenvalue weighted by atomic mass is 32.1. The number of imidazole rings is 1. The number of aromatic nitrogens is 3. The predicted octanol–water partition coefficient (Wildman–Crippen LogP) is 3.99. The van der Waals surface area contributed by atoms with Gasteiger partial charge < -0.3 is 0 Å². The molecule has 0 amide bonds. The van der Waals surface area contributed by atoms with Crippen LogP contribution in [0.15, 0.2) is 41.9 Å². The van der Waals surface area contributed by atoms with Gasteiger partial charge in [-0.2, -0.15) is 5.26 Å². The van der Waals surface area contributed by atoms with Crippen molar-refractivity contribution in [2.75, 3.05) is 0 Å². The second-order valence-corrected chi connectivity index (χ2v) is 6.04. The molecular weight excluding hydrogens is 292 g/mol. The summed E-state index contributed by atoms with van der Waals surface area (Å²) in [6, 6.07) is 12.3. The van der Waals surface area contributed by atoms with Crippen LogP contribution in [-0.2, 0) is 6.42 Å². The largest absolute Gasteiger partial charge is 0.280 e. The van der Waals surface area contributed by atoms with Gasteiger partial charge in [0, 0.05) is 5.56 Å². The Hall–Kier alpha value is -2.71. The van der Waals surface area contributed by atoms with Crippen LogP contribution in [0.25, 0.3) is 27.3 Å². The lowest BCUT2D eigenvalue weighted by atomic mass is 10.1. The van der Waals surface area contributed by atoms with Crippen molar-refractivity contribution in [3.05, 3.63) is 53.2 Å². The van der Waals surface area contributed by atoms with Gasteiger partial charge >= 0.3 is 0 Å². The average molecular weight is 304 g/mol. The highest BCUT2D eigenvalue weighted by molar-refractivity contribution is 7.16. The van der Waals surface area contributed by atoms with Crippen LogP contribution >= 0.6 is 11.3 Å². The maximum atomic E-state index is 8.78. The number of nitriles is 1. The Morgan fingerprint density at radius 3 is 2.82 bits per heavy atom. The molecular formula is C17H12N4S. The maximum Gasteiger partial charge on any atom is 0.157 e. The van der Waals surface area contributed by atoms with E-state index < -0.39 is 0 Å². The lowest BCUT2D eigenvalue weighted by Gasteiger charge is -2.05. The molecule has 5 heteroatoms. The molecule has 0 spiro atoms. The molecule has 0 atom stereocenters. The van der Waals surface area contributed by atoms with E-state index in [0.29, 0.717) is 6.42 Å². The van der Waals surface area contributed by atoms with E-state index in [9.17, 15) is 0 Å². The predicted molar refractivity (Wildman–Crippen MR) is 87.9 cm³/mol. The maximum absolute atomic E-state index is 8.78. The van der Waals surface area contributed by atoms with Crippen LogP contribution in [0.4, 0.5) is 0 Å². The first-order valence-electron chi connectivity index (χ1n) is 6.95. The number of rotatable bonds is 2. The number of hydrogen-bond donors (Lipinski definition) is 0. The third kappa shape index (κ3) is 1.89. The van der Waals surface area contributed by atoms with Crippen molar-refractivity contribution in [3.63, 3.8) is 0 Å². The first kappa shape index (κ1) is 13.0. The van der Waals surface area contributed by atoms with Crippen molar-refractivity contribution in [3.8, 4) is 17.3 Å². The molecule has 0 N–H and O–H groups in total. The van der Waals surface area contributed by atoms with Gasteiger partial charge in [-0.05, 0) is 23.9 Å². The highest BCUT2D eigenvalue weighted by Crippen LogP contribution is 2.30. The molecule has 22 heavy (non-hydrogen) atoms. The molecule has 0 unspecified atom stereocenters. The second kappa shape index (κ2) is 4.93. The molecule has 106 valence electrons. The molecule has 0 radical (unpaired) electrons. The van der Waals surface area contributed by atoms with Crippen LogP contribution in [0, 0.1) is 18.3 Å². The minimum atomic E-state index is 0.436. The van der Waals surface area contributed by atoms with Crippen molar-refractivity contribution in [1.29, 1.82) is 5.26 Å². The van der Waals surface area contributed by atoms with Gasteiger partial charge in [-0.25, -0.2) is 9.97 Å². The summed E-state index contributed by atoms with van der Waals surface area (Å²) < 4.78 is 2.17. The molecule has 0 bridgehead atoms. The number of hydrogen-bond acceptors (Lipinski definition) is 4. The minimum absolute atomic E-state index is 0.436. The lowest BCUT2D eigenvalue weighted by Crippen LogP contribution is -1.92. The van der Waals surface area contributed by atoms with Crippen molar-refractivity contribution in [1.82, 2.24) is 14.4 Å². The fourth-order valence-electron chi connectivity index (χ4n) is 2.74. The van der Waals surface area contributed by atoms with E-state index in [0.717, 1.165) is 38.5 Å².